The van der Waals surface area contributed by atoms with Gasteiger partial charge in [-0.15, -0.1) is 11.3 Å². The predicted octanol–water partition coefficient (Wildman–Crippen LogP) is 4.59. The molecule has 0 saturated carbocycles. The highest BCUT2D eigenvalue weighted by molar-refractivity contribution is 7.80. The Morgan fingerprint density at radius 1 is 1.29 bits per heavy atom. The van der Waals surface area contributed by atoms with Gasteiger partial charge in [0.15, 0.2) is 10.9 Å². The lowest BCUT2D eigenvalue weighted by Crippen LogP contribution is -2.31. The van der Waals surface area contributed by atoms with E-state index in [-0.39, 0.29) is 11.6 Å². The van der Waals surface area contributed by atoms with Gasteiger partial charge in [-0.2, -0.15) is 0 Å². The SMILES string of the molecule is CCOC(=O)c1ccc(NC(=S)Nc2sc3c(c2OC)CC(C)(C)OC3)cc1. The van der Waals surface area contributed by atoms with Crippen LogP contribution in [0.1, 0.15) is 41.6 Å². The minimum atomic E-state index is -0.339. The zero-order valence-corrected chi connectivity index (χ0v) is 18.0. The highest BCUT2D eigenvalue weighted by atomic mass is 32.1. The fourth-order valence-corrected chi connectivity index (χ4v) is 4.38. The molecule has 6 nitrogen and oxygen atoms in total. The molecule has 1 aromatic carbocycles. The highest BCUT2D eigenvalue weighted by Gasteiger charge is 2.32. The Kier molecular flexibility index (Phi) is 6.22. The summed E-state index contributed by atoms with van der Waals surface area (Å²) in [5.74, 6) is 0.479. The Morgan fingerprint density at radius 2 is 2.00 bits per heavy atom. The van der Waals surface area contributed by atoms with Crippen molar-refractivity contribution in [2.45, 2.75) is 39.4 Å². The van der Waals surface area contributed by atoms with Crippen LogP contribution in [0, 0.1) is 0 Å². The van der Waals surface area contributed by atoms with Crippen LogP contribution in [0.25, 0.3) is 0 Å². The summed E-state index contributed by atoms with van der Waals surface area (Å²) in [6.45, 7) is 6.85. The highest BCUT2D eigenvalue weighted by Crippen LogP contribution is 2.45. The van der Waals surface area contributed by atoms with E-state index in [1.54, 1.807) is 49.6 Å². The van der Waals surface area contributed by atoms with Crippen molar-refractivity contribution in [1.82, 2.24) is 0 Å². The summed E-state index contributed by atoms with van der Waals surface area (Å²) in [5.41, 5.74) is 2.24. The second-order valence-corrected chi connectivity index (χ2v) is 8.48. The van der Waals surface area contributed by atoms with Gasteiger partial charge in [-0.1, -0.05) is 0 Å². The third kappa shape index (κ3) is 4.63. The molecule has 2 N–H and O–H groups in total. The molecule has 28 heavy (non-hydrogen) atoms. The lowest BCUT2D eigenvalue weighted by molar-refractivity contribution is -0.0387. The van der Waals surface area contributed by atoms with Crippen LogP contribution >= 0.6 is 23.6 Å². The quantitative estimate of drug-likeness (QED) is 0.541. The monoisotopic (exact) mass is 420 g/mol. The fourth-order valence-electron chi connectivity index (χ4n) is 3.00. The number of benzene rings is 1. The van der Waals surface area contributed by atoms with Gasteiger partial charge in [-0.3, -0.25) is 0 Å². The first kappa shape index (κ1) is 20.6. The number of thiocarbonyl (C=S) groups is 1. The van der Waals surface area contributed by atoms with Gasteiger partial charge in [0.2, 0.25) is 0 Å². The number of carbonyl (C=O) groups is 1. The molecule has 0 aliphatic carbocycles. The van der Waals surface area contributed by atoms with Gasteiger partial charge in [0.05, 0.1) is 31.5 Å². The van der Waals surface area contributed by atoms with Crippen molar-refractivity contribution in [3.05, 3.63) is 40.3 Å². The van der Waals surface area contributed by atoms with Crippen molar-refractivity contribution in [3.63, 3.8) is 0 Å². The van der Waals surface area contributed by atoms with Crippen LogP contribution in [0.4, 0.5) is 10.7 Å². The maximum absolute atomic E-state index is 11.7. The second-order valence-electron chi connectivity index (χ2n) is 6.97. The number of rotatable bonds is 5. The summed E-state index contributed by atoms with van der Waals surface area (Å²) in [6.07, 6.45) is 0.791. The van der Waals surface area contributed by atoms with Crippen molar-refractivity contribution in [3.8, 4) is 5.75 Å². The molecule has 0 spiro atoms. The van der Waals surface area contributed by atoms with Crippen LogP contribution < -0.4 is 15.4 Å². The van der Waals surface area contributed by atoms with E-state index in [0.29, 0.717) is 23.9 Å². The van der Waals surface area contributed by atoms with E-state index in [9.17, 15) is 4.79 Å². The molecule has 3 rings (SSSR count). The largest absolute Gasteiger partial charge is 0.493 e. The number of methoxy groups -OCH3 is 1. The number of anilines is 2. The molecule has 1 aliphatic heterocycles. The summed E-state index contributed by atoms with van der Waals surface area (Å²) in [5, 5.41) is 7.64. The molecule has 0 unspecified atom stereocenters. The second kappa shape index (κ2) is 8.46. The number of hydrogen-bond acceptors (Lipinski definition) is 6. The summed E-state index contributed by atoms with van der Waals surface area (Å²) in [7, 11) is 1.67. The molecule has 0 bridgehead atoms. The summed E-state index contributed by atoms with van der Waals surface area (Å²) in [6, 6.07) is 6.97. The van der Waals surface area contributed by atoms with Gasteiger partial charge in [0.25, 0.3) is 0 Å². The first-order valence-corrected chi connectivity index (χ1v) is 10.2. The lowest BCUT2D eigenvalue weighted by atomic mass is 9.96. The Hall–Kier alpha value is -2.16. The van der Waals surface area contributed by atoms with Crippen molar-refractivity contribution < 1.29 is 19.0 Å². The summed E-state index contributed by atoms with van der Waals surface area (Å²) >= 11 is 7.03. The lowest BCUT2D eigenvalue weighted by Gasteiger charge is -2.30. The Balaban J connectivity index is 1.69. The van der Waals surface area contributed by atoms with E-state index in [1.165, 1.54) is 5.56 Å². The van der Waals surface area contributed by atoms with Crippen molar-refractivity contribution in [1.29, 1.82) is 0 Å². The molecule has 0 fully saturated rings. The molecular formula is C20H24N2O4S2. The van der Waals surface area contributed by atoms with E-state index in [0.717, 1.165) is 27.7 Å². The van der Waals surface area contributed by atoms with Gasteiger partial charge in [-0.05, 0) is 57.3 Å². The zero-order valence-electron chi connectivity index (χ0n) is 16.4. The van der Waals surface area contributed by atoms with Crippen LogP contribution in [-0.2, 0) is 22.5 Å². The van der Waals surface area contributed by atoms with Crippen LogP contribution in [0.3, 0.4) is 0 Å². The number of fused-ring (bicyclic) bond motifs is 1. The average molecular weight is 421 g/mol. The third-order valence-electron chi connectivity index (χ3n) is 4.32. The van der Waals surface area contributed by atoms with E-state index >= 15 is 0 Å². The van der Waals surface area contributed by atoms with Gasteiger partial charge in [-0.25, -0.2) is 4.79 Å². The standard InChI is InChI=1S/C20H24N2O4S2/c1-5-25-18(23)12-6-8-13(9-7-12)21-19(27)22-17-16(24-4)14-10-20(2,3)26-11-15(14)28-17/h6-9H,5,10-11H2,1-4H3,(H2,21,22,27). The molecule has 2 aromatic rings. The fraction of sp³-hybridized carbons (Fsp3) is 0.400. The number of hydrogen-bond donors (Lipinski definition) is 2. The molecule has 0 radical (unpaired) electrons. The smallest absolute Gasteiger partial charge is 0.338 e. The van der Waals surface area contributed by atoms with Crippen LogP contribution in [-0.4, -0.2) is 30.4 Å². The van der Waals surface area contributed by atoms with Crippen molar-refractivity contribution >= 4 is 45.3 Å². The predicted molar refractivity (Wildman–Crippen MR) is 116 cm³/mol. The molecule has 2 heterocycles. The van der Waals surface area contributed by atoms with Crippen molar-refractivity contribution in [2.75, 3.05) is 24.4 Å². The number of thiophene rings is 1. The number of carbonyl (C=O) groups excluding carboxylic acids is 1. The number of nitrogens with one attached hydrogen (secondary N) is 2. The topological polar surface area (TPSA) is 68.8 Å². The maximum atomic E-state index is 11.7. The van der Waals surface area contributed by atoms with Crippen molar-refractivity contribution in [2.24, 2.45) is 0 Å². The molecule has 1 aromatic heterocycles. The molecule has 0 atom stereocenters. The molecular weight excluding hydrogens is 396 g/mol. The van der Waals surface area contributed by atoms with E-state index in [1.807, 2.05) is 0 Å². The third-order valence-corrected chi connectivity index (χ3v) is 5.63. The van der Waals surface area contributed by atoms with Crippen LogP contribution in [0.2, 0.25) is 0 Å². The summed E-state index contributed by atoms with van der Waals surface area (Å²) < 4.78 is 16.5. The molecule has 0 amide bonds. The zero-order chi connectivity index (χ0) is 20.3. The molecule has 0 saturated heterocycles. The first-order valence-electron chi connectivity index (χ1n) is 9.00. The van der Waals surface area contributed by atoms with Gasteiger partial charge < -0.3 is 24.8 Å². The Bertz CT molecular complexity index is 875. The first-order chi connectivity index (χ1) is 13.3. The summed E-state index contributed by atoms with van der Waals surface area (Å²) in [4.78, 5) is 12.9. The molecule has 150 valence electrons. The van der Waals surface area contributed by atoms with E-state index in [4.69, 9.17) is 26.4 Å². The van der Waals surface area contributed by atoms with Gasteiger partial charge in [0.1, 0.15) is 5.00 Å². The normalized spacial score (nSPS) is 14.7. The molecule has 8 heteroatoms. The minimum absolute atomic E-state index is 0.210. The van der Waals surface area contributed by atoms with Crippen LogP contribution in [0.15, 0.2) is 24.3 Å². The average Bonchev–Trinajstić information content (AvgIpc) is 2.97. The van der Waals surface area contributed by atoms with Gasteiger partial charge >= 0.3 is 5.97 Å². The Morgan fingerprint density at radius 3 is 2.64 bits per heavy atom. The maximum Gasteiger partial charge on any atom is 0.338 e. The van der Waals surface area contributed by atoms with E-state index in [2.05, 4.69) is 24.5 Å². The van der Waals surface area contributed by atoms with Gasteiger partial charge in [0, 0.05) is 22.5 Å². The molecule has 1 aliphatic rings. The minimum Gasteiger partial charge on any atom is -0.493 e. The number of ether oxygens (including phenoxy) is 3. The van der Waals surface area contributed by atoms with E-state index < -0.39 is 0 Å². The van der Waals surface area contributed by atoms with Crippen LogP contribution in [0.5, 0.6) is 5.75 Å². The number of esters is 1. The Labute approximate surface area is 174 Å².